The molecule has 0 rings (SSSR count). The van der Waals surface area contributed by atoms with Crippen LogP contribution in [0.15, 0.2) is 24.3 Å². The normalized spacial score (nSPS) is 15.7. The van der Waals surface area contributed by atoms with Gasteiger partial charge in [-0.2, -0.15) is 0 Å². The van der Waals surface area contributed by atoms with Gasteiger partial charge in [0.05, 0.1) is 40.0 Å². The number of allylic oxidation sites excluding steroid dienone is 4. The van der Waals surface area contributed by atoms with Crippen molar-refractivity contribution in [1.29, 1.82) is 0 Å². The highest BCUT2D eigenvalue weighted by Gasteiger charge is 2.27. The van der Waals surface area contributed by atoms with Crippen molar-refractivity contribution < 1.29 is 32.5 Å². The van der Waals surface area contributed by atoms with E-state index in [1.54, 1.807) is 0 Å². The summed E-state index contributed by atoms with van der Waals surface area (Å²) in [6, 6.07) is 0. The Morgan fingerprint density at radius 1 is 0.806 bits per heavy atom. The summed E-state index contributed by atoms with van der Waals surface area (Å²) >= 11 is 0. The monoisotopic (exact) mass is 534 g/mol. The van der Waals surface area contributed by atoms with Crippen molar-refractivity contribution in [2.75, 3.05) is 54.1 Å². The zero-order valence-corrected chi connectivity index (χ0v) is 25.3. The second kappa shape index (κ2) is 20.4. The van der Waals surface area contributed by atoms with Crippen LogP contribution in [0.2, 0.25) is 0 Å². The van der Waals surface area contributed by atoms with Crippen LogP contribution >= 0.6 is 7.82 Å². The van der Waals surface area contributed by atoms with E-state index in [1.807, 2.05) is 41.9 Å². The lowest BCUT2D eigenvalue weighted by Gasteiger charge is -2.28. The fraction of sp³-hybridized carbons (Fsp3) is 0.857. The van der Waals surface area contributed by atoms with Crippen molar-refractivity contribution in [3.63, 3.8) is 0 Å². The summed E-state index contributed by atoms with van der Waals surface area (Å²) in [7, 11) is 1.84. The average Bonchev–Trinajstić information content (AvgIpc) is 2.75. The quantitative estimate of drug-likeness (QED) is 0.0655. The molecule has 0 radical (unpaired) electrons. The second-order valence-corrected chi connectivity index (χ2v) is 12.9. The first-order valence-corrected chi connectivity index (χ1v) is 15.3. The lowest BCUT2D eigenvalue weighted by atomic mass is 10.1. The number of unbranched alkanes of at least 4 members (excludes halogenated alkanes) is 7. The highest BCUT2D eigenvalue weighted by Crippen LogP contribution is 2.43. The fourth-order valence-electron chi connectivity index (χ4n) is 3.28. The van der Waals surface area contributed by atoms with Crippen molar-refractivity contribution in [3.05, 3.63) is 24.3 Å². The van der Waals surface area contributed by atoms with E-state index < -0.39 is 19.5 Å². The van der Waals surface area contributed by atoms with E-state index in [1.165, 1.54) is 38.5 Å². The van der Waals surface area contributed by atoms with Gasteiger partial charge in [-0.25, -0.2) is 4.57 Å². The van der Waals surface area contributed by atoms with Gasteiger partial charge in [0.25, 0.3) is 0 Å². The molecule has 0 saturated heterocycles. The lowest BCUT2D eigenvalue weighted by Crippen LogP contribution is -2.37. The first kappa shape index (κ1) is 35.5. The Labute approximate surface area is 222 Å². The van der Waals surface area contributed by atoms with Crippen LogP contribution in [0.1, 0.15) is 91.9 Å². The Kier molecular flexibility index (Phi) is 20.1. The molecule has 214 valence electrons. The molecular formula is C28H57NO6P+. The fourth-order valence-corrected chi connectivity index (χ4v) is 4.02. The number of rotatable bonds is 23. The van der Waals surface area contributed by atoms with Gasteiger partial charge in [-0.05, 0) is 72.1 Å². The molecule has 7 nitrogen and oxygen atoms in total. The van der Waals surface area contributed by atoms with Crippen molar-refractivity contribution in [1.82, 2.24) is 0 Å². The summed E-state index contributed by atoms with van der Waals surface area (Å²) in [5.41, 5.74) is -0.417. The molecule has 2 atom stereocenters. The number of hydrogen-bond donors (Lipinski definition) is 1. The Balaban J connectivity index is 4.01. The summed E-state index contributed by atoms with van der Waals surface area (Å²) in [4.78, 5) is 9.97. The van der Waals surface area contributed by atoms with Gasteiger partial charge in [-0.1, -0.05) is 44.1 Å². The number of quaternary nitrogens is 1. The summed E-state index contributed by atoms with van der Waals surface area (Å²) in [5, 5.41) is 0. The van der Waals surface area contributed by atoms with Gasteiger partial charge in [-0.3, -0.25) is 9.05 Å². The number of ether oxygens (including phenoxy) is 2. The van der Waals surface area contributed by atoms with E-state index in [-0.39, 0.29) is 13.2 Å². The Hall–Kier alpha value is -0.530. The molecule has 0 bridgehead atoms. The van der Waals surface area contributed by atoms with Crippen molar-refractivity contribution in [3.8, 4) is 0 Å². The van der Waals surface area contributed by atoms with Crippen LogP contribution in [0, 0.1) is 0 Å². The topological polar surface area (TPSA) is 74.2 Å². The van der Waals surface area contributed by atoms with E-state index in [9.17, 15) is 9.46 Å². The maximum absolute atomic E-state index is 12.2. The molecule has 0 saturated carbocycles. The van der Waals surface area contributed by atoms with Gasteiger partial charge in [0.1, 0.15) is 19.3 Å². The van der Waals surface area contributed by atoms with Gasteiger partial charge < -0.3 is 18.9 Å². The number of phosphoric ester groups is 1. The molecule has 0 aromatic rings. The molecule has 8 heteroatoms. The first-order valence-electron chi connectivity index (χ1n) is 13.8. The summed E-state index contributed by atoms with van der Waals surface area (Å²) in [6.45, 7) is 9.66. The van der Waals surface area contributed by atoms with E-state index >= 15 is 0 Å². The van der Waals surface area contributed by atoms with Crippen LogP contribution in [0.25, 0.3) is 0 Å². The molecule has 0 spiro atoms. The SMILES string of the molecule is CCC/C=C\CCCC/C=C\CCCCCOC[C@H](COP(=O)(O)OCC[N+](C)(C)C)OC(C)(C)C. The number of phosphoric acid groups is 1. The molecule has 1 N–H and O–H groups in total. The average molecular weight is 535 g/mol. The van der Waals surface area contributed by atoms with E-state index in [0.717, 1.165) is 25.7 Å². The second-order valence-electron chi connectivity index (χ2n) is 11.4. The predicted octanol–water partition coefficient (Wildman–Crippen LogP) is 7.06. The van der Waals surface area contributed by atoms with Crippen LogP contribution in [0.5, 0.6) is 0 Å². The van der Waals surface area contributed by atoms with E-state index in [2.05, 4.69) is 31.2 Å². The van der Waals surface area contributed by atoms with Gasteiger partial charge in [0, 0.05) is 6.61 Å². The Bertz CT molecular complexity index is 625. The van der Waals surface area contributed by atoms with E-state index in [4.69, 9.17) is 18.5 Å². The summed E-state index contributed by atoms with van der Waals surface area (Å²) in [6.07, 6.45) is 20.5. The van der Waals surface area contributed by atoms with Crippen LogP contribution in [0.3, 0.4) is 0 Å². The standard InChI is InChI=1S/C28H56NO6P/c1-8-9-10-11-12-13-14-15-16-17-18-19-20-21-23-32-25-27(35-28(2,3)4)26-34-36(30,31)33-24-22-29(5,6)7/h10-11,16-17,27H,8-9,12-15,18-26H2,1-7H3/p+1/b11-10-,17-16-/t27-/m1/s1. The maximum atomic E-state index is 12.2. The van der Waals surface area contributed by atoms with Gasteiger partial charge in [0.15, 0.2) is 0 Å². The molecule has 0 heterocycles. The minimum Gasteiger partial charge on any atom is -0.379 e. The Morgan fingerprint density at radius 2 is 1.36 bits per heavy atom. The molecule has 36 heavy (non-hydrogen) atoms. The molecule has 0 aliphatic rings. The third-order valence-electron chi connectivity index (χ3n) is 5.20. The van der Waals surface area contributed by atoms with Gasteiger partial charge in [0.2, 0.25) is 0 Å². The number of nitrogens with zero attached hydrogens (tertiary/aromatic N) is 1. The molecule has 0 fully saturated rings. The van der Waals surface area contributed by atoms with Crippen LogP contribution in [-0.2, 0) is 23.1 Å². The van der Waals surface area contributed by atoms with Gasteiger partial charge >= 0.3 is 7.82 Å². The zero-order chi connectivity index (χ0) is 27.3. The molecule has 0 amide bonds. The first-order chi connectivity index (χ1) is 16.8. The minimum atomic E-state index is -4.13. The summed E-state index contributed by atoms with van der Waals surface area (Å²) in [5.74, 6) is 0. The number of likely N-dealkylation sites (N-methyl/N-ethyl adjacent to an activating group) is 1. The molecular weight excluding hydrogens is 477 g/mol. The van der Waals surface area contributed by atoms with Crippen LogP contribution in [-0.4, -0.2) is 75.2 Å². The van der Waals surface area contributed by atoms with Crippen molar-refractivity contribution in [2.24, 2.45) is 0 Å². The molecule has 0 aromatic carbocycles. The Morgan fingerprint density at radius 3 is 1.89 bits per heavy atom. The molecule has 0 aliphatic heterocycles. The maximum Gasteiger partial charge on any atom is 0.472 e. The number of hydrogen-bond acceptors (Lipinski definition) is 5. The van der Waals surface area contributed by atoms with Gasteiger partial charge in [-0.15, -0.1) is 0 Å². The minimum absolute atomic E-state index is 0.0603. The van der Waals surface area contributed by atoms with Crippen LogP contribution < -0.4 is 0 Å². The third-order valence-corrected chi connectivity index (χ3v) is 6.19. The predicted molar refractivity (Wildman–Crippen MR) is 150 cm³/mol. The molecule has 0 aromatic heterocycles. The van der Waals surface area contributed by atoms with Crippen molar-refractivity contribution >= 4 is 7.82 Å². The van der Waals surface area contributed by atoms with Crippen molar-refractivity contribution in [2.45, 2.75) is 104 Å². The van der Waals surface area contributed by atoms with E-state index in [0.29, 0.717) is 24.2 Å². The smallest absolute Gasteiger partial charge is 0.379 e. The molecule has 0 aliphatic carbocycles. The third kappa shape index (κ3) is 26.5. The highest BCUT2D eigenvalue weighted by molar-refractivity contribution is 7.47. The lowest BCUT2D eigenvalue weighted by molar-refractivity contribution is -0.870. The van der Waals surface area contributed by atoms with Crippen LogP contribution in [0.4, 0.5) is 0 Å². The highest BCUT2D eigenvalue weighted by atomic mass is 31.2. The zero-order valence-electron chi connectivity index (χ0n) is 24.4. The molecule has 1 unspecified atom stereocenters. The largest absolute Gasteiger partial charge is 0.472 e. The summed E-state index contributed by atoms with van der Waals surface area (Å²) < 4.78 is 34.9.